The van der Waals surface area contributed by atoms with E-state index in [1.165, 1.54) is 16.4 Å². The highest BCUT2D eigenvalue weighted by atomic mass is 32.2. The minimum Gasteiger partial charge on any atom is -0.469 e. The van der Waals surface area contributed by atoms with E-state index in [1.807, 2.05) is 0 Å². The summed E-state index contributed by atoms with van der Waals surface area (Å²) in [5.74, 6) is 0. The Hall–Kier alpha value is -0.820. The first-order valence-corrected chi connectivity index (χ1v) is 7.08. The van der Waals surface area contributed by atoms with Crippen LogP contribution in [0.3, 0.4) is 0 Å². The zero-order valence-corrected chi connectivity index (χ0v) is 11.9. The Morgan fingerprint density at radius 1 is 1.47 bits per heavy atom. The largest absolute Gasteiger partial charge is 0.469 e. The summed E-state index contributed by atoms with van der Waals surface area (Å²) in [6.07, 6.45) is 3.34. The second kappa shape index (κ2) is 7.50. The van der Waals surface area contributed by atoms with Crippen molar-refractivity contribution in [3.8, 4) is 5.19 Å². The minimum absolute atomic E-state index is 0.0830. The lowest BCUT2D eigenvalue weighted by Crippen LogP contribution is -2.16. The molecule has 0 bridgehead atoms. The Balaban J connectivity index is 2.35. The number of hydrogen-bond acceptors (Lipinski definition) is 6. The molecule has 1 heterocycles. The summed E-state index contributed by atoms with van der Waals surface area (Å²) in [5.41, 5.74) is 0. The predicted octanol–water partition coefficient (Wildman–Crippen LogP) is 2.88. The van der Waals surface area contributed by atoms with E-state index in [-0.39, 0.29) is 5.24 Å². The van der Waals surface area contributed by atoms with Gasteiger partial charge >= 0.3 is 0 Å². The number of thioether (sulfide) groups is 1. The molecule has 1 aromatic rings. The van der Waals surface area contributed by atoms with Crippen LogP contribution in [-0.4, -0.2) is 40.2 Å². The molecule has 96 valence electrons. The maximum Gasteiger partial charge on any atom is 0.293 e. The van der Waals surface area contributed by atoms with Crippen molar-refractivity contribution in [2.24, 2.45) is 0 Å². The Kier molecular flexibility index (Phi) is 6.28. The van der Waals surface area contributed by atoms with Crippen LogP contribution in [0.4, 0.5) is 4.79 Å². The third-order valence-corrected chi connectivity index (χ3v) is 3.56. The van der Waals surface area contributed by atoms with E-state index < -0.39 is 0 Å². The predicted molar refractivity (Wildman–Crippen MR) is 69.9 cm³/mol. The molecular formula is C10H17N3O2S2. The van der Waals surface area contributed by atoms with Gasteiger partial charge in [0.05, 0.1) is 6.61 Å². The van der Waals surface area contributed by atoms with E-state index in [1.54, 1.807) is 14.1 Å². The fourth-order valence-corrected chi connectivity index (χ4v) is 2.22. The average Bonchev–Trinajstić information content (AvgIpc) is 2.72. The molecule has 0 aliphatic rings. The van der Waals surface area contributed by atoms with E-state index in [0.717, 1.165) is 31.0 Å². The van der Waals surface area contributed by atoms with Gasteiger partial charge < -0.3 is 9.64 Å². The van der Waals surface area contributed by atoms with Crippen LogP contribution in [-0.2, 0) is 0 Å². The summed E-state index contributed by atoms with van der Waals surface area (Å²) in [6.45, 7) is 2.81. The lowest BCUT2D eigenvalue weighted by Gasteiger charge is -2.06. The average molecular weight is 275 g/mol. The van der Waals surface area contributed by atoms with Gasteiger partial charge in [-0.05, 0) is 6.42 Å². The molecule has 0 spiro atoms. The van der Waals surface area contributed by atoms with Crippen molar-refractivity contribution in [2.75, 3.05) is 20.7 Å². The van der Waals surface area contributed by atoms with Crippen molar-refractivity contribution in [3.05, 3.63) is 0 Å². The number of aromatic nitrogens is 2. The second-order valence-corrected chi connectivity index (χ2v) is 5.29. The molecule has 17 heavy (non-hydrogen) atoms. The van der Waals surface area contributed by atoms with Gasteiger partial charge in [0, 0.05) is 37.4 Å². The molecule has 0 atom stereocenters. The third-order valence-electron chi connectivity index (χ3n) is 1.91. The third kappa shape index (κ3) is 5.36. The van der Waals surface area contributed by atoms with E-state index in [9.17, 15) is 4.79 Å². The van der Waals surface area contributed by atoms with Gasteiger partial charge in [-0.25, -0.2) is 0 Å². The molecule has 1 aromatic heterocycles. The summed E-state index contributed by atoms with van der Waals surface area (Å²) in [4.78, 5) is 17.0. The van der Waals surface area contributed by atoms with Crippen molar-refractivity contribution in [3.63, 3.8) is 0 Å². The van der Waals surface area contributed by atoms with Crippen molar-refractivity contribution in [1.82, 2.24) is 14.3 Å². The molecule has 0 saturated carbocycles. The summed E-state index contributed by atoms with van der Waals surface area (Å²) in [6, 6.07) is 0. The Labute approximate surface area is 110 Å². The van der Waals surface area contributed by atoms with Crippen LogP contribution in [0, 0.1) is 0 Å². The molecule has 0 N–H and O–H groups in total. The minimum atomic E-state index is -0.0830. The van der Waals surface area contributed by atoms with Crippen LogP contribution in [0.1, 0.15) is 26.2 Å². The van der Waals surface area contributed by atoms with Crippen LogP contribution in [0.25, 0.3) is 0 Å². The topological polar surface area (TPSA) is 55.3 Å². The van der Waals surface area contributed by atoms with Gasteiger partial charge in [-0.1, -0.05) is 19.8 Å². The lowest BCUT2D eigenvalue weighted by atomic mass is 10.3. The van der Waals surface area contributed by atoms with Crippen molar-refractivity contribution in [2.45, 2.75) is 31.3 Å². The maximum atomic E-state index is 11.4. The van der Waals surface area contributed by atoms with Crippen LogP contribution < -0.4 is 4.74 Å². The molecule has 0 aromatic carbocycles. The summed E-state index contributed by atoms with van der Waals surface area (Å²) in [5, 5.41) is 0.912. The summed E-state index contributed by atoms with van der Waals surface area (Å²) < 4.78 is 9.50. The number of hydrogen-bond donors (Lipinski definition) is 0. The number of carbonyl (C=O) groups excluding carboxylic acids is 1. The molecule has 0 aliphatic heterocycles. The standard InChI is InChI=1S/C10H17N3O2S2/c1-4-5-6-7-15-9-11-8(12-17-9)16-10(14)13(2)3/h4-7H2,1-3H3. The Morgan fingerprint density at radius 2 is 2.24 bits per heavy atom. The highest BCUT2D eigenvalue weighted by molar-refractivity contribution is 8.13. The number of ether oxygens (including phenoxy) is 1. The molecule has 5 nitrogen and oxygen atoms in total. The van der Waals surface area contributed by atoms with Crippen LogP contribution in [0.2, 0.25) is 0 Å². The number of carbonyl (C=O) groups is 1. The van der Waals surface area contributed by atoms with Crippen molar-refractivity contribution >= 4 is 28.5 Å². The first-order chi connectivity index (χ1) is 8.13. The van der Waals surface area contributed by atoms with Crippen molar-refractivity contribution < 1.29 is 9.53 Å². The highest BCUT2D eigenvalue weighted by Gasteiger charge is 2.12. The van der Waals surface area contributed by atoms with Gasteiger partial charge in [-0.2, -0.15) is 9.36 Å². The fraction of sp³-hybridized carbons (Fsp3) is 0.700. The number of rotatable bonds is 6. The maximum absolute atomic E-state index is 11.4. The smallest absolute Gasteiger partial charge is 0.293 e. The Morgan fingerprint density at radius 3 is 2.88 bits per heavy atom. The van der Waals surface area contributed by atoms with Gasteiger partial charge in [0.25, 0.3) is 10.4 Å². The monoisotopic (exact) mass is 275 g/mol. The zero-order valence-electron chi connectivity index (χ0n) is 10.3. The first-order valence-electron chi connectivity index (χ1n) is 5.49. The number of nitrogens with zero attached hydrogens (tertiary/aromatic N) is 3. The van der Waals surface area contributed by atoms with E-state index in [4.69, 9.17) is 4.74 Å². The zero-order chi connectivity index (χ0) is 12.7. The van der Waals surface area contributed by atoms with Gasteiger partial charge in [-0.3, -0.25) is 4.79 Å². The summed E-state index contributed by atoms with van der Waals surface area (Å²) in [7, 11) is 3.40. The summed E-state index contributed by atoms with van der Waals surface area (Å²) >= 11 is 2.20. The molecule has 1 rings (SSSR count). The van der Waals surface area contributed by atoms with Gasteiger partial charge in [-0.15, -0.1) is 0 Å². The molecular weight excluding hydrogens is 258 g/mol. The quantitative estimate of drug-likeness (QED) is 0.590. The molecule has 0 fully saturated rings. The molecule has 7 heteroatoms. The van der Waals surface area contributed by atoms with E-state index >= 15 is 0 Å². The number of amides is 1. The molecule has 0 radical (unpaired) electrons. The number of unbranched alkanes of at least 4 members (excludes halogenated alkanes) is 2. The molecule has 0 aliphatic carbocycles. The molecule has 1 amide bonds. The van der Waals surface area contributed by atoms with Crippen LogP contribution >= 0.6 is 23.3 Å². The fourth-order valence-electron chi connectivity index (χ4n) is 0.978. The lowest BCUT2D eigenvalue weighted by molar-refractivity contribution is 0.241. The van der Waals surface area contributed by atoms with E-state index in [0.29, 0.717) is 17.0 Å². The van der Waals surface area contributed by atoms with Crippen LogP contribution in [0.5, 0.6) is 5.19 Å². The van der Waals surface area contributed by atoms with Gasteiger partial charge in [0.1, 0.15) is 0 Å². The van der Waals surface area contributed by atoms with E-state index in [2.05, 4.69) is 16.3 Å². The van der Waals surface area contributed by atoms with Gasteiger partial charge in [0.2, 0.25) is 5.16 Å². The molecule has 0 unspecified atom stereocenters. The highest BCUT2D eigenvalue weighted by Crippen LogP contribution is 2.23. The second-order valence-electron chi connectivity index (χ2n) is 3.66. The Bertz CT molecular complexity index is 355. The first kappa shape index (κ1) is 14.2. The van der Waals surface area contributed by atoms with Crippen LogP contribution in [0.15, 0.2) is 5.16 Å². The molecule has 0 saturated heterocycles. The van der Waals surface area contributed by atoms with Gasteiger partial charge in [0.15, 0.2) is 0 Å². The van der Waals surface area contributed by atoms with Crippen molar-refractivity contribution in [1.29, 1.82) is 0 Å². The normalized spacial score (nSPS) is 10.3. The SMILES string of the molecule is CCCCCOc1nc(SC(=O)N(C)C)ns1.